The Hall–Kier alpha value is -1.40. The average Bonchev–Trinajstić information content (AvgIpc) is 2.14. The predicted octanol–water partition coefficient (Wildman–Crippen LogP) is 0.0760. The van der Waals surface area contributed by atoms with Crippen molar-refractivity contribution in [3.05, 3.63) is 35.9 Å². The van der Waals surface area contributed by atoms with Gasteiger partial charge in [-0.25, -0.2) is 8.42 Å². The van der Waals surface area contributed by atoms with Gasteiger partial charge >= 0.3 is 0 Å². The van der Waals surface area contributed by atoms with Gasteiger partial charge in [-0.3, -0.25) is 4.79 Å². The van der Waals surface area contributed by atoms with Crippen LogP contribution in [0.2, 0.25) is 0 Å². The number of carbonyl (C=O) groups excluding carboxylic acids is 1. The van der Waals surface area contributed by atoms with Gasteiger partial charge in [-0.05, 0) is 12.0 Å². The Kier molecular flexibility index (Phi) is 3.17. The standard InChI is InChI=1S/C11H14N2O3S/c12-11(14)10-6-7-13(10)17(15,16)8-9-4-2-1-3-5-9/h1-5,10H,6-8H2,(H2,12,14). The first-order valence-electron chi connectivity index (χ1n) is 5.33. The van der Waals surface area contributed by atoms with Crippen LogP contribution < -0.4 is 5.73 Å². The number of hydrogen-bond acceptors (Lipinski definition) is 3. The molecule has 5 nitrogen and oxygen atoms in total. The topological polar surface area (TPSA) is 80.5 Å². The van der Waals surface area contributed by atoms with E-state index in [9.17, 15) is 13.2 Å². The molecule has 1 heterocycles. The molecule has 92 valence electrons. The van der Waals surface area contributed by atoms with Crippen LogP contribution in [0.3, 0.4) is 0 Å². The Balaban J connectivity index is 2.13. The van der Waals surface area contributed by atoms with Crippen LogP contribution in [0, 0.1) is 0 Å². The lowest BCUT2D eigenvalue weighted by atomic mass is 10.1. The molecule has 1 saturated heterocycles. The first kappa shape index (κ1) is 12.1. The van der Waals surface area contributed by atoms with Crippen LogP contribution in [0.4, 0.5) is 0 Å². The second-order valence-corrected chi connectivity index (χ2v) is 5.98. The highest BCUT2D eigenvalue weighted by molar-refractivity contribution is 7.88. The van der Waals surface area contributed by atoms with Gasteiger partial charge in [-0.2, -0.15) is 4.31 Å². The van der Waals surface area contributed by atoms with Crippen molar-refractivity contribution >= 4 is 15.9 Å². The fraction of sp³-hybridized carbons (Fsp3) is 0.364. The third-order valence-corrected chi connectivity index (χ3v) is 4.70. The number of carbonyl (C=O) groups is 1. The first-order chi connectivity index (χ1) is 8.00. The van der Waals surface area contributed by atoms with Gasteiger partial charge in [-0.15, -0.1) is 0 Å². The van der Waals surface area contributed by atoms with E-state index in [0.29, 0.717) is 18.5 Å². The molecule has 0 radical (unpaired) electrons. The Morgan fingerprint density at radius 2 is 2.00 bits per heavy atom. The molecule has 2 N–H and O–H groups in total. The van der Waals surface area contributed by atoms with Crippen LogP contribution in [0.15, 0.2) is 30.3 Å². The van der Waals surface area contributed by atoms with Gasteiger partial charge in [0.1, 0.15) is 6.04 Å². The molecule has 0 bridgehead atoms. The number of nitrogens with two attached hydrogens (primary N) is 1. The van der Waals surface area contributed by atoms with E-state index in [0.717, 1.165) is 0 Å². The molecule has 6 heteroatoms. The maximum Gasteiger partial charge on any atom is 0.235 e. The lowest BCUT2D eigenvalue weighted by Crippen LogP contribution is -2.57. The number of nitrogens with zero attached hydrogens (tertiary/aromatic N) is 1. The molecule has 0 aromatic heterocycles. The average molecular weight is 254 g/mol. The van der Waals surface area contributed by atoms with E-state index in [-0.39, 0.29) is 5.75 Å². The minimum absolute atomic E-state index is 0.0857. The van der Waals surface area contributed by atoms with Crippen LogP contribution in [0.5, 0.6) is 0 Å². The smallest absolute Gasteiger partial charge is 0.235 e. The monoisotopic (exact) mass is 254 g/mol. The highest BCUT2D eigenvalue weighted by Crippen LogP contribution is 2.23. The van der Waals surface area contributed by atoms with Crippen molar-refractivity contribution in [2.75, 3.05) is 6.54 Å². The van der Waals surface area contributed by atoms with Crippen LogP contribution in [-0.2, 0) is 20.6 Å². The van der Waals surface area contributed by atoms with Gasteiger partial charge in [0, 0.05) is 6.54 Å². The van der Waals surface area contributed by atoms with E-state index in [1.165, 1.54) is 4.31 Å². The number of hydrogen-bond donors (Lipinski definition) is 1. The zero-order valence-corrected chi connectivity index (χ0v) is 10.1. The van der Waals surface area contributed by atoms with Gasteiger partial charge in [0.05, 0.1) is 5.75 Å². The third kappa shape index (κ3) is 2.48. The molecule has 1 aliphatic heterocycles. The molecule has 1 fully saturated rings. The van der Waals surface area contributed by atoms with Crippen LogP contribution >= 0.6 is 0 Å². The molecule has 1 amide bonds. The van der Waals surface area contributed by atoms with Gasteiger partial charge in [0.2, 0.25) is 15.9 Å². The zero-order chi connectivity index (χ0) is 12.5. The van der Waals surface area contributed by atoms with Gasteiger partial charge in [0.15, 0.2) is 0 Å². The molecule has 2 rings (SSSR count). The van der Waals surface area contributed by atoms with Crippen molar-refractivity contribution in [3.8, 4) is 0 Å². The number of amides is 1. The quantitative estimate of drug-likeness (QED) is 0.826. The zero-order valence-electron chi connectivity index (χ0n) is 9.24. The van der Waals surface area contributed by atoms with E-state index in [2.05, 4.69) is 0 Å². The van der Waals surface area contributed by atoms with Crippen molar-refractivity contribution in [1.29, 1.82) is 0 Å². The van der Waals surface area contributed by atoms with Crippen molar-refractivity contribution < 1.29 is 13.2 Å². The summed E-state index contributed by atoms with van der Waals surface area (Å²) in [5, 5.41) is 0. The number of rotatable bonds is 4. The molecule has 1 aromatic carbocycles. The summed E-state index contributed by atoms with van der Waals surface area (Å²) in [5.41, 5.74) is 5.84. The Morgan fingerprint density at radius 3 is 2.47 bits per heavy atom. The minimum atomic E-state index is -3.44. The van der Waals surface area contributed by atoms with E-state index in [1.54, 1.807) is 24.3 Å². The summed E-state index contributed by atoms with van der Waals surface area (Å²) >= 11 is 0. The molecule has 1 atom stereocenters. The highest BCUT2D eigenvalue weighted by Gasteiger charge is 2.40. The summed E-state index contributed by atoms with van der Waals surface area (Å²) < 4.78 is 25.2. The summed E-state index contributed by atoms with van der Waals surface area (Å²) in [4.78, 5) is 11.0. The summed E-state index contributed by atoms with van der Waals surface area (Å²) in [6, 6.07) is 8.22. The number of primary amides is 1. The molecule has 1 aliphatic rings. The summed E-state index contributed by atoms with van der Waals surface area (Å²) in [6.45, 7) is 0.378. The SMILES string of the molecule is NC(=O)C1CCN1S(=O)(=O)Cc1ccccc1. The number of sulfonamides is 1. The maximum absolute atomic E-state index is 12.0. The minimum Gasteiger partial charge on any atom is -0.368 e. The van der Waals surface area contributed by atoms with Crippen LogP contribution in [0.25, 0.3) is 0 Å². The van der Waals surface area contributed by atoms with E-state index in [4.69, 9.17) is 5.73 Å². The Labute approximate surface area is 100 Å². The molecule has 0 spiro atoms. The van der Waals surface area contributed by atoms with Crippen molar-refractivity contribution in [1.82, 2.24) is 4.31 Å². The molecule has 0 aliphatic carbocycles. The molecule has 1 aromatic rings. The maximum atomic E-state index is 12.0. The molecule has 0 saturated carbocycles. The second-order valence-electron chi connectivity index (χ2n) is 4.06. The van der Waals surface area contributed by atoms with Crippen molar-refractivity contribution in [2.24, 2.45) is 5.73 Å². The second kappa shape index (κ2) is 4.46. The summed E-state index contributed by atoms with van der Waals surface area (Å²) in [7, 11) is -3.44. The fourth-order valence-electron chi connectivity index (χ4n) is 1.85. The third-order valence-electron chi connectivity index (χ3n) is 2.85. The van der Waals surface area contributed by atoms with E-state index >= 15 is 0 Å². The first-order valence-corrected chi connectivity index (χ1v) is 6.94. The van der Waals surface area contributed by atoms with Crippen LogP contribution in [-0.4, -0.2) is 31.2 Å². The molecular weight excluding hydrogens is 240 g/mol. The summed E-state index contributed by atoms with van der Waals surface area (Å²) in [5.74, 6) is -0.662. The Morgan fingerprint density at radius 1 is 1.35 bits per heavy atom. The fourth-order valence-corrected chi connectivity index (χ4v) is 3.61. The van der Waals surface area contributed by atoms with Crippen molar-refractivity contribution in [3.63, 3.8) is 0 Å². The molecule has 17 heavy (non-hydrogen) atoms. The van der Waals surface area contributed by atoms with E-state index < -0.39 is 22.0 Å². The van der Waals surface area contributed by atoms with E-state index in [1.807, 2.05) is 6.07 Å². The predicted molar refractivity (Wildman–Crippen MR) is 63.4 cm³/mol. The Bertz CT molecular complexity index is 513. The lowest BCUT2D eigenvalue weighted by molar-refractivity contribution is -0.124. The van der Waals surface area contributed by atoms with Crippen LogP contribution in [0.1, 0.15) is 12.0 Å². The normalized spacial score (nSPS) is 20.8. The number of benzene rings is 1. The highest BCUT2D eigenvalue weighted by atomic mass is 32.2. The lowest BCUT2D eigenvalue weighted by Gasteiger charge is -2.37. The van der Waals surface area contributed by atoms with Gasteiger partial charge in [0.25, 0.3) is 0 Å². The molecular formula is C11H14N2O3S. The summed E-state index contributed by atoms with van der Waals surface area (Å²) in [6.07, 6.45) is 0.517. The van der Waals surface area contributed by atoms with Crippen molar-refractivity contribution in [2.45, 2.75) is 18.2 Å². The van der Waals surface area contributed by atoms with Gasteiger partial charge < -0.3 is 5.73 Å². The molecule has 1 unspecified atom stereocenters. The largest absolute Gasteiger partial charge is 0.368 e. The van der Waals surface area contributed by atoms with Gasteiger partial charge in [-0.1, -0.05) is 30.3 Å².